The van der Waals surface area contributed by atoms with Crippen LogP contribution in [0.3, 0.4) is 0 Å². The van der Waals surface area contributed by atoms with Crippen LogP contribution in [0, 0.1) is 5.41 Å². The Morgan fingerprint density at radius 1 is 1.31 bits per heavy atom. The highest BCUT2D eigenvalue weighted by atomic mass is 16.5. The normalized spacial score (nSPS) is 12.8. The first-order valence-corrected chi connectivity index (χ1v) is 6.28. The fourth-order valence-corrected chi connectivity index (χ4v) is 1.82. The van der Waals surface area contributed by atoms with E-state index in [1.165, 1.54) is 0 Å². The minimum Gasteiger partial charge on any atom is -0.385 e. The molecular formula is C13H30N2O. The molecule has 0 aliphatic rings. The predicted octanol–water partition coefficient (Wildman–Crippen LogP) is 1.98. The maximum Gasteiger partial charge on any atom is 0.0474 e. The van der Waals surface area contributed by atoms with Crippen molar-refractivity contribution in [3.63, 3.8) is 0 Å². The minimum absolute atomic E-state index is 0.325. The van der Waals surface area contributed by atoms with Crippen molar-refractivity contribution in [3.05, 3.63) is 0 Å². The summed E-state index contributed by atoms with van der Waals surface area (Å²) < 4.78 is 5.06. The van der Waals surface area contributed by atoms with Crippen LogP contribution in [0.4, 0.5) is 0 Å². The molecule has 3 nitrogen and oxygen atoms in total. The Bertz CT molecular complexity index is 169. The zero-order valence-electron chi connectivity index (χ0n) is 12.0. The summed E-state index contributed by atoms with van der Waals surface area (Å²) in [5.41, 5.74) is 0.325. The van der Waals surface area contributed by atoms with Gasteiger partial charge >= 0.3 is 0 Å². The molecule has 0 aliphatic heterocycles. The molecular weight excluding hydrogens is 200 g/mol. The largest absolute Gasteiger partial charge is 0.385 e. The molecule has 0 aliphatic carbocycles. The summed E-state index contributed by atoms with van der Waals surface area (Å²) in [5, 5.41) is 3.51. The van der Waals surface area contributed by atoms with E-state index >= 15 is 0 Å². The van der Waals surface area contributed by atoms with Crippen LogP contribution < -0.4 is 5.32 Å². The molecule has 16 heavy (non-hydrogen) atoms. The van der Waals surface area contributed by atoms with E-state index in [0.29, 0.717) is 11.5 Å². The molecule has 0 spiro atoms. The second-order valence-electron chi connectivity index (χ2n) is 5.78. The molecule has 98 valence electrons. The summed E-state index contributed by atoms with van der Waals surface area (Å²) in [6.45, 7) is 13.2. The molecule has 0 heterocycles. The Kier molecular flexibility index (Phi) is 7.98. The van der Waals surface area contributed by atoms with Gasteiger partial charge < -0.3 is 15.0 Å². The molecule has 0 unspecified atom stereocenters. The minimum atomic E-state index is 0.325. The van der Waals surface area contributed by atoms with Crippen molar-refractivity contribution in [1.82, 2.24) is 10.2 Å². The highest BCUT2D eigenvalue weighted by molar-refractivity contribution is 4.76. The van der Waals surface area contributed by atoms with Crippen molar-refractivity contribution >= 4 is 0 Å². The Hall–Kier alpha value is -0.120. The monoisotopic (exact) mass is 230 g/mol. The third kappa shape index (κ3) is 9.13. The van der Waals surface area contributed by atoms with Gasteiger partial charge in [0.2, 0.25) is 0 Å². The predicted molar refractivity (Wildman–Crippen MR) is 70.9 cm³/mol. The quantitative estimate of drug-likeness (QED) is 0.613. The van der Waals surface area contributed by atoms with Gasteiger partial charge in [0.05, 0.1) is 0 Å². The molecule has 0 aromatic heterocycles. The molecule has 3 heteroatoms. The number of rotatable bonds is 9. The van der Waals surface area contributed by atoms with Crippen LogP contribution >= 0.6 is 0 Å². The number of hydrogen-bond acceptors (Lipinski definition) is 3. The first kappa shape index (κ1) is 15.9. The van der Waals surface area contributed by atoms with Gasteiger partial charge in [-0.3, -0.25) is 0 Å². The fraction of sp³-hybridized carbons (Fsp3) is 1.00. The molecule has 0 saturated heterocycles. The van der Waals surface area contributed by atoms with Gasteiger partial charge in [-0.25, -0.2) is 0 Å². The van der Waals surface area contributed by atoms with Crippen LogP contribution in [0.1, 0.15) is 34.1 Å². The SMILES string of the molecule is COCCCN(C)CC(C)(C)CNC(C)C. The topological polar surface area (TPSA) is 24.5 Å². The smallest absolute Gasteiger partial charge is 0.0474 e. The van der Waals surface area contributed by atoms with E-state index in [-0.39, 0.29) is 0 Å². The molecule has 0 aromatic carbocycles. The lowest BCUT2D eigenvalue weighted by Crippen LogP contribution is -2.41. The molecule has 0 saturated carbocycles. The zero-order valence-corrected chi connectivity index (χ0v) is 12.0. The lowest BCUT2D eigenvalue weighted by atomic mass is 9.92. The molecule has 0 bridgehead atoms. The van der Waals surface area contributed by atoms with Gasteiger partial charge in [-0.15, -0.1) is 0 Å². The van der Waals surface area contributed by atoms with Gasteiger partial charge in [-0.1, -0.05) is 27.7 Å². The first-order valence-electron chi connectivity index (χ1n) is 6.28. The van der Waals surface area contributed by atoms with Crippen molar-refractivity contribution in [2.24, 2.45) is 5.41 Å². The summed E-state index contributed by atoms with van der Waals surface area (Å²) in [4.78, 5) is 2.39. The molecule has 0 aromatic rings. The summed E-state index contributed by atoms with van der Waals surface area (Å²) >= 11 is 0. The number of nitrogens with zero attached hydrogens (tertiary/aromatic N) is 1. The Labute approximate surface area is 102 Å². The summed E-state index contributed by atoms with van der Waals surface area (Å²) in [6.07, 6.45) is 1.11. The molecule has 0 fully saturated rings. The second kappa shape index (κ2) is 8.04. The Morgan fingerprint density at radius 2 is 1.94 bits per heavy atom. The fourth-order valence-electron chi connectivity index (χ4n) is 1.82. The Morgan fingerprint density at radius 3 is 2.44 bits per heavy atom. The number of ether oxygens (including phenoxy) is 1. The number of nitrogens with one attached hydrogen (secondary N) is 1. The average Bonchev–Trinajstić information content (AvgIpc) is 2.15. The van der Waals surface area contributed by atoms with E-state index in [1.54, 1.807) is 7.11 Å². The van der Waals surface area contributed by atoms with Crippen molar-refractivity contribution in [1.29, 1.82) is 0 Å². The summed E-state index contributed by atoms with van der Waals surface area (Å²) in [6, 6.07) is 0.568. The molecule has 1 N–H and O–H groups in total. The zero-order chi connectivity index (χ0) is 12.6. The van der Waals surface area contributed by atoms with Crippen molar-refractivity contribution in [3.8, 4) is 0 Å². The number of hydrogen-bond donors (Lipinski definition) is 1. The van der Waals surface area contributed by atoms with Crippen LogP contribution in [-0.2, 0) is 4.74 Å². The van der Waals surface area contributed by atoms with E-state index < -0.39 is 0 Å². The van der Waals surface area contributed by atoms with Crippen molar-refractivity contribution < 1.29 is 4.74 Å². The standard InChI is InChI=1S/C13H30N2O/c1-12(2)14-10-13(3,4)11-15(5)8-7-9-16-6/h12,14H,7-11H2,1-6H3. The molecule has 0 radical (unpaired) electrons. The van der Waals surface area contributed by atoms with Gasteiger partial charge in [0, 0.05) is 39.4 Å². The molecule has 0 rings (SSSR count). The average molecular weight is 230 g/mol. The van der Waals surface area contributed by atoms with Gasteiger partial charge in [0.1, 0.15) is 0 Å². The maximum atomic E-state index is 5.06. The molecule has 0 atom stereocenters. The van der Waals surface area contributed by atoms with E-state index in [2.05, 4.69) is 45.0 Å². The second-order valence-corrected chi connectivity index (χ2v) is 5.78. The van der Waals surface area contributed by atoms with Crippen LogP contribution in [0.25, 0.3) is 0 Å². The lowest BCUT2D eigenvalue weighted by molar-refractivity contribution is 0.158. The van der Waals surface area contributed by atoms with Crippen LogP contribution in [0.2, 0.25) is 0 Å². The maximum absolute atomic E-state index is 5.06. The van der Waals surface area contributed by atoms with Crippen LogP contribution in [-0.4, -0.2) is 51.3 Å². The van der Waals surface area contributed by atoms with Crippen molar-refractivity contribution in [2.45, 2.75) is 40.2 Å². The van der Waals surface area contributed by atoms with E-state index in [9.17, 15) is 0 Å². The third-order valence-corrected chi connectivity index (χ3v) is 2.58. The van der Waals surface area contributed by atoms with Crippen LogP contribution in [0.5, 0.6) is 0 Å². The first-order chi connectivity index (χ1) is 7.37. The van der Waals surface area contributed by atoms with Gasteiger partial charge in [-0.2, -0.15) is 0 Å². The van der Waals surface area contributed by atoms with Gasteiger partial charge in [0.15, 0.2) is 0 Å². The molecule has 0 amide bonds. The van der Waals surface area contributed by atoms with Gasteiger partial charge in [0.25, 0.3) is 0 Å². The lowest BCUT2D eigenvalue weighted by Gasteiger charge is -2.31. The number of methoxy groups -OCH3 is 1. The summed E-state index contributed by atoms with van der Waals surface area (Å²) in [7, 11) is 3.95. The Balaban J connectivity index is 3.76. The van der Waals surface area contributed by atoms with Crippen molar-refractivity contribution in [2.75, 3.05) is 40.4 Å². The highest BCUT2D eigenvalue weighted by Crippen LogP contribution is 2.15. The highest BCUT2D eigenvalue weighted by Gasteiger charge is 2.19. The van der Waals surface area contributed by atoms with Gasteiger partial charge in [-0.05, 0) is 18.9 Å². The van der Waals surface area contributed by atoms with E-state index in [1.807, 2.05) is 0 Å². The van der Waals surface area contributed by atoms with E-state index in [4.69, 9.17) is 4.74 Å². The third-order valence-electron chi connectivity index (χ3n) is 2.58. The van der Waals surface area contributed by atoms with Crippen LogP contribution in [0.15, 0.2) is 0 Å². The van der Waals surface area contributed by atoms with E-state index in [0.717, 1.165) is 32.7 Å². The summed E-state index contributed by atoms with van der Waals surface area (Å²) in [5.74, 6) is 0.